The monoisotopic (exact) mass is 292 g/mol. The van der Waals surface area contributed by atoms with Gasteiger partial charge in [-0.15, -0.1) is 0 Å². The second-order valence-electron chi connectivity index (χ2n) is 5.26. The van der Waals surface area contributed by atoms with E-state index in [1.54, 1.807) is 0 Å². The highest BCUT2D eigenvalue weighted by Crippen LogP contribution is 2.27. The minimum Gasteiger partial charge on any atom is -0.364 e. The van der Waals surface area contributed by atoms with Gasteiger partial charge >= 0.3 is 0 Å². The van der Waals surface area contributed by atoms with Gasteiger partial charge in [0.1, 0.15) is 5.69 Å². The van der Waals surface area contributed by atoms with E-state index in [4.69, 9.17) is 5.73 Å². The van der Waals surface area contributed by atoms with Crippen LogP contribution in [0.4, 0.5) is 0 Å². The van der Waals surface area contributed by atoms with Gasteiger partial charge in [0, 0.05) is 5.56 Å². The van der Waals surface area contributed by atoms with Gasteiger partial charge in [0.25, 0.3) is 5.91 Å². The maximum Gasteiger partial charge on any atom is 0.271 e. The molecule has 0 radical (unpaired) electrons. The lowest BCUT2D eigenvalue weighted by molar-refractivity contribution is 0.0996. The minimum absolute atomic E-state index is 0.150. The van der Waals surface area contributed by atoms with E-state index in [9.17, 15) is 4.79 Å². The van der Waals surface area contributed by atoms with Crippen molar-refractivity contribution in [2.45, 2.75) is 13.8 Å². The highest BCUT2D eigenvalue weighted by molar-refractivity contribution is 5.96. The molecule has 1 aromatic heterocycles. The van der Waals surface area contributed by atoms with Crippen molar-refractivity contribution in [3.63, 3.8) is 0 Å². The summed E-state index contributed by atoms with van der Waals surface area (Å²) >= 11 is 0. The van der Waals surface area contributed by atoms with Crippen molar-refractivity contribution in [3.05, 3.63) is 59.3 Å². The van der Waals surface area contributed by atoms with E-state index in [0.717, 1.165) is 16.7 Å². The normalized spacial score (nSPS) is 10.6. The summed E-state index contributed by atoms with van der Waals surface area (Å²) in [5, 5.41) is 10.3. The summed E-state index contributed by atoms with van der Waals surface area (Å²) in [6, 6.07) is 14.1. The third-order valence-corrected chi connectivity index (χ3v) is 3.76. The molecular weight excluding hydrogens is 276 g/mol. The summed E-state index contributed by atoms with van der Waals surface area (Å²) in [4.78, 5) is 11.4. The van der Waals surface area contributed by atoms with Crippen molar-refractivity contribution in [2.24, 2.45) is 5.73 Å². The van der Waals surface area contributed by atoms with Gasteiger partial charge in [-0.1, -0.05) is 36.4 Å². The largest absolute Gasteiger partial charge is 0.364 e. The predicted octanol–water partition coefficient (Wildman–Crippen LogP) is 2.85. The van der Waals surface area contributed by atoms with E-state index in [0.29, 0.717) is 5.69 Å². The number of primary amides is 1. The molecule has 0 unspecified atom stereocenters. The van der Waals surface area contributed by atoms with Crippen LogP contribution in [-0.4, -0.2) is 21.3 Å². The van der Waals surface area contributed by atoms with Crippen LogP contribution >= 0.6 is 0 Å². The van der Waals surface area contributed by atoms with Crippen LogP contribution in [0.5, 0.6) is 0 Å². The number of aromatic nitrogens is 3. The number of carbonyl (C=O) groups excluding carboxylic acids is 1. The second-order valence-corrected chi connectivity index (χ2v) is 5.26. The molecule has 3 aromatic rings. The van der Waals surface area contributed by atoms with Gasteiger partial charge in [0.05, 0.1) is 0 Å². The summed E-state index contributed by atoms with van der Waals surface area (Å²) in [5.74, 6) is -0.597. The molecule has 110 valence electrons. The third kappa shape index (κ3) is 2.48. The molecule has 0 fully saturated rings. The number of hydrogen-bond acceptors (Lipinski definition) is 3. The number of hydrogen-bond donors (Lipinski definition) is 2. The molecule has 1 amide bonds. The van der Waals surface area contributed by atoms with Crippen molar-refractivity contribution in [2.75, 3.05) is 0 Å². The van der Waals surface area contributed by atoms with E-state index in [2.05, 4.69) is 47.5 Å². The molecular formula is C17H16N4O. The minimum atomic E-state index is -0.597. The Morgan fingerprint density at radius 1 is 0.955 bits per heavy atom. The Bertz CT molecular complexity index is 851. The molecule has 0 saturated carbocycles. The van der Waals surface area contributed by atoms with Crippen LogP contribution in [0.1, 0.15) is 21.6 Å². The first-order valence-electron chi connectivity index (χ1n) is 6.95. The first-order chi connectivity index (χ1) is 10.6. The van der Waals surface area contributed by atoms with Gasteiger partial charge in [-0.05, 0) is 42.2 Å². The summed E-state index contributed by atoms with van der Waals surface area (Å²) in [6.45, 7) is 4.18. The average molecular weight is 292 g/mol. The molecule has 2 aromatic carbocycles. The molecule has 0 spiro atoms. The number of aromatic amines is 1. The first-order valence-corrected chi connectivity index (χ1v) is 6.95. The van der Waals surface area contributed by atoms with Gasteiger partial charge in [0.15, 0.2) is 5.69 Å². The number of benzene rings is 2. The standard InChI is InChI=1S/C17H16N4O/c1-10-6-7-13(8-11(10)2)12-4-3-5-14(9-12)15-16(17(18)22)20-21-19-15/h3-9H,1-2H3,(H2,18,22)(H,19,20,21). The molecule has 0 atom stereocenters. The predicted molar refractivity (Wildman–Crippen MR) is 85.2 cm³/mol. The number of rotatable bonds is 3. The number of carbonyl (C=O) groups is 1. The Balaban J connectivity index is 2.08. The SMILES string of the molecule is Cc1ccc(-c2cccc(-c3n[nH]nc3C(N)=O)c2)cc1C. The molecule has 22 heavy (non-hydrogen) atoms. The smallest absolute Gasteiger partial charge is 0.271 e. The number of amides is 1. The van der Waals surface area contributed by atoms with Gasteiger partial charge in [-0.25, -0.2) is 0 Å². The quantitative estimate of drug-likeness (QED) is 0.778. The zero-order chi connectivity index (χ0) is 15.7. The van der Waals surface area contributed by atoms with Crippen LogP contribution in [-0.2, 0) is 0 Å². The summed E-state index contributed by atoms with van der Waals surface area (Å²) in [6.07, 6.45) is 0. The Morgan fingerprint density at radius 2 is 1.68 bits per heavy atom. The average Bonchev–Trinajstić information content (AvgIpc) is 3.00. The van der Waals surface area contributed by atoms with Crippen molar-refractivity contribution in [1.29, 1.82) is 0 Å². The molecule has 3 rings (SSSR count). The summed E-state index contributed by atoms with van der Waals surface area (Å²) in [7, 11) is 0. The summed E-state index contributed by atoms with van der Waals surface area (Å²) in [5.41, 5.74) is 11.4. The lowest BCUT2D eigenvalue weighted by atomic mass is 9.98. The Morgan fingerprint density at radius 3 is 2.41 bits per heavy atom. The lowest BCUT2D eigenvalue weighted by Crippen LogP contribution is -2.12. The van der Waals surface area contributed by atoms with Gasteiger partial charge in [-0.2, -0.15) is 15.4 Å². The zero-order valence-electron chi connectivity index (χ0n) is 12.4. The van der Waals surface area contributed by atoms with E-state index in [1.165, 1.54) is 11.1 Å². The topological polar surface area (TPSA) is 84.7 Å². The van der Waals surface area contributed by atoms with Crippen LogP contribution < -0.4 is 5.73 Å². The van der Waals surface area contributed by atoms with Gasteiger partial charge in [-0.3, -0.25) is 4.79 Å². The molecule has 0 aliphatic carbocycles. The molecule has 1 heterocycles. The van der Waals surface area contributed by atoms with Crippen LogP contribution in [0, 0.1) is 13.8 Å². The van der Waals surface area contributed by atoms with E-state index in [1.807, 2.05) is 24.3 Å². The van der Waals surface area contributed by atoms with Crippen LogP contribution in [0.15, 0.2) is 42.5 Å². The fraction of sp³-hybridized carbons (Fsp3) is 0.118. The maximum absolute atomic E-state index is 11.4. The second kappa shape index (κ2) is 5.44. The fourth-order valence-electron chi connectivity index (χ4n) is 2.37. The number of H-pyrrole nitrogens is 1. The first kappa shape index (κ1) is 14.0. The number of nitrogens with two attached hydrogens (primary N) is 1. The number of nitrogens with one attached hydrogen (secondary N) is 1. The highest BCUT2D eigenvalue weighted by Gasteiger charge is 2.15. The molecule has 0 aliphatic rings. The van der Waals surface area contributed by atoms with E-state index >= 15 is 0 Å². The molecule has 3 N–H and O–H groups in total. The van der Waals surface area contributed by atoms with Crippen LogP contribution in [0.2, 0.25) is 0 Å². The molecule has 5 nitrogen and oxygen atoms in total. The van der Waals surface area contributed by atoms with Crippen LogP contribution in [0.3, 0.4) is 0 Å². The molecule has 0 aliphatic heterocycles. The van der Waals surface area contributed by atoms with Crippen molar-refractivity contribution < 1.29 is 4.79 Å². The zero-order valence-corrected chi connectivity index (χ0v) is 12.4. The molecule has 5 heteroatoms. The van der Waals surface area contributed by atoms with Crippen LogP contribution in [0.25, 0.3) is 22.4 Å². The summed E-state index contributed by atoms with van der Waals surface area (Å²) < 4.78 is 0. The fourth-order valence-corrected chi connectivity index (χ4v) is 2.37. The van der Waals surface area contributed by atoms with E-state index < -0.39 is 5.91 Å². The number of aryl methyl sites for hydroxylation is 2. The lowest BCUT2D eigenvalue weighted by Gasteiger charge is -2.07. The van der Waals surface area contributed by atoms with Gasteiger partial charge < -0.3 is 5.73 Å². The molecule has 0 saturated heterocycles. The van der Waals surface area contributed by atoms with Crippen molar-refractivity contribution in [3.8, 4) is 22.4 Å². The number of nitrogens with zero attached hydrogens (tertiary/aromatic N) is 2. The maximum atomic E-state index is 11.4. The van der Waals surface area contributed by atoms with E-state index in [-0.39, 0.29) is 5.69 Å². The Kier molecular flexibility index (Phi) is 3.47. The van der Waals surface area contributed by atoms with Crippen molar-refractivity contribution in [1.82, 2.24) is 15.4 Å². The van der Waals surface area contributed by atoms with Crippen molar-refractivity contribution >= 4 is 5.91 Å². The highest BCUT2D eigenvalue weighted by atomic mass is 16.1. The Labute approximate surface area is 128 Å². The Hall–Kier alpha value is -2.95. The van der Waals surface area contributed by atoms with Gasteiger partial charge in [0.2, 0.25) is 0 Å². The third-order valence-electron chi connectivity index (χ3n) is 3.76. The molecule has 0 bridgehead atoms.